The van der Waals surface area contributed by atoms with Crippen LogP contribution in [0.15, 0.2) is 0 Å². The maximum absolute atomic E-state index is 11.1. The van der Waals surface area contributed by atoms with Gasteiger partial charge in [0.05, 0.1) is 0 Å². The highest BCUT2D eigenvalue weighted by Gasteiger charge is 2.62. The molecule has 1 heterocycles. The van der Waals surface area contributed by atoms with E-state index in [9.17, 15) is 13.9 Å². The third kappa shape index (κ3) is 2.15. The molecule has 1 aliphatic heterocycles. The molecule has 8 nitrogen and oxygen atoms in total. The minimum atomic E-state index is -5.13. The van der Waals surface area contributed by atoms with Crippen LogP contribution in [-0.4, -0.2) is 30.5 Å². The molecule has 0 unspecified atom stereocenters. The maximum atomic E-state index is 11.1. The third-order valence-corrected chi connectivity index (χ3v) is 6.39. The zero-order chi connectivity index (χ0) is 11.9. The molecule has 1 fully saturated rings. The average molecular weight is 259 g/mol. The Hall–Kier alpha value is -0.230. The van der Waals surface area contributed by atoms with Crippen LogP contribution in [0.1, 0.15) is 19.3 Å². The minimum absolute atomic E-state index is 0.00174. The Morgan fingerprint density at radius 1 is 1.13 bits per heavy atom. The normalized spacial score (nSPS) is 22.3. The number of carbonyl (C=O) groups is 1. The molecule has 88 valence electrons. The molecule has 0 spiro atoms. The molecular formula is C5H11NO7P2. The van der Waals surface area contributed by atoms with Crippen LogP contribution in [-0.2, 0) is 13.9 Å². The molecule has 1 aliphatic rings. The van der Waals surface area contributed by atoms with Crippen LogP contribution in [0, 0.1) is 0 Å². The second-order valence-electron chi connectivity index (χ2n) is 3.31. The standard InChI is InChI=1S/C5H11NO7P2/c7-4-2-1-3-5(6-4,14(8,9)10)15(11,12)13/h1-3H2,(H,6,7)(H2,8,9,10)(H2,11,12,13). The van der Waals surface area contributed by atoms with Gasteiger partial charge in [-0.15, -0.1) is 0 Å². The molecule has 5 N–H and O–H groups in total. The summed E-state index contributed by atoms with van der Waals surface area (Å²) >= 11 is 0. The topological polar surface area (TPSA) is 144 Å². The van der Waals surface area contributed by atoms with Crippen molar-refractivity contribution >= 4 is 21.1 Å². The van der Waals surface area contributed by atoms with Crippen molar-refractivity contribution in [3.05, 3.63) is 0 Å². The molecule has 1 saturated heterocycles. The van der Waals surface area contributed by atoms with E-state index in [4.69, 9.17) is 19.6 Å². The highest BCUT2D eigenvalue weighted by Crippen LogP contribution is 2.70. The summed E-state index contributed by atoms with van der Waals surface area (Å²) < 4.78 is 22.2. The summed E-state index contributed by atoms with van der Waals surface area (Å²) in [6, 6.07) is 0. The zero-order valence-corrected chi connectivity index (χ0v) is 9.32. The fraction of sp³-hybridized carbons (Fsp3) is 0.800. The highest BCUT2D eigenvalue weighted by molar-refractivity contribution is 7.72. The van der Waals surface area contributed by atoms with E-state index in [2.05, 4.69) is 0 Å². The summed E-state index contributed by atoms with van der Waals surface area (Å²) in [6.07, 6.45) is -0.406. The summed E-state index contributed by atoms with van der Waals surface area (Å²) in [5.41, 5.74) is 0. The number of hydrogen-bond donors (Lipinski definition) is 5. The second kappa shape index (κ2) is 3.66. The van der Waals surface area contributed by atoms with Crippen molar-refractivity contribution in [3.8, 4) is 0 Å². The number of amides is 1. The first-order valence-corrected chi connectivity index (χ1v) is 7.25. The summed E-state index contributed by atoms with van der Waals surface area (Å²) in [5, 5.41) is -0.996. The molecule has 1 rings (SSSR count). The first-order chi connectivity index (χ1) is 6.60. The van der Waals surface area contributed by atoms with E-state index in [1.165, 1.54) is 0 Å². The van der Waals surface area contributed by atoms with E-state index >= 15 is 0 Å². The van der Waals surface area contributed by atoms with Gasteiger partial charge in [-0.3, -0.25) is 13.9 Å². The van der Waals surface area contributed by atoms with Crippen molar-refractivity contribution in [2.75, 3.05) is 0 Å². The number of nitrogens with one attached hydrogen (secondary N) is 1. The van der Waals surface area contributed by atoms with Gasteiger partial charge < -0.3 is 24.9 Å². The molecule has 0 atom stereocenters. The SMILES string of the molecule is O=C1CCCC(P(=O)(O)O)(P(=O)(O)O)N1. The highest BCUT2D eigenvalue weighted by atomic mass is 31.2. The molecule has 15 heavy (non-hydrogen) atoms. The Morgan fingerprint density at radius 2 is 1.60 bits per heavy atom. The second-order valence-corrected chi connectivity index (χ2v) is 7.36. The van der Waals surface area contributed by atoms with Crippen LogP contribution in [0.25, 0.3) is 0 Å². The summed E-state index contributed by atoms with van der Waals surface area (Å²) in [7, 11) is -10.3. The number of hydrogen-bond acceptors (Lipinski definition) is 3. The monoisotopic (exact) mass is 259 g/mol. The predicted octanol–water partition coefficient (Wildman–Crippen LogP) is -0.704. The van der Waals surface area contributed by atoms with Gasteiger partial charge in [-0.25, -0.2) is 0 Å². The number of piperidine rings is 1. The quantitative estimate of drug-likeness (QED) is 0.412. The summed E-state index contributed by atoms with van der Waals surface area (Å²) in [6.45, 7) is 0. The molecule has 0 bridgehead atoms. The lowest BCUT2D eigenvalue weighted by molar-refractivity contribution is -0.123. The number of rotatable bonds is 2. The molecule has 0 saturated carbocycles. The Labute approximate surface area is 85.0 Å². The van der Waals surface area contributed by atoms with Crippen LogP contribution in [0.5, 0.6) is 0 Å². The van der Waals surface area contributed by atoms with Gasteiger partial charge in [0.15, 0.2) is 0 Å². The molecule has 0 aromatic carbocycles. The Bertz CT molecular complexity index is 346. The van der Waals surface area contributed by atoms with Crippen LogP contribution in [0.2, 0.25) is 0 Å². The van der Waals surface area contributed by atoms with E-state index in [0.29, 0.717) is 0 Å². The molecule has 10 heteroatoms. The lowest BCUT2D eigenvalue weighted by Crippen LogP contribution is -2.50. The van der Waals surface area contributed by atoms with Gasteiger partial charge in [0, 0.05) is 6.42 Å². The van der Waals surface area contributed by atoms with E-state index in [-0.39, 0.29) is 12.8 Å². The minimum Gasteiger partial charge on any atom is -0.330 e. The van der Waals surface area contributed by atoms with Gasteiger partial charge in [-0.1, -0.05) is 0 Å². The summed E-state index contributed by atoms with van der Waals surface area (Å²) in [4.78, 5) is 46.8. The maximum Gasteiger partial charge on any atom is 0.363 e. The zero-order valence-electron chi connectivity index (χ0n) is 7.53. The summed E-state index contributed by atoms with van der Waals surface area (Å²) in [5.74, 6) is -0.770. The van der Waals surface area contributed by atoms with E-state index < -0.39 is 32.5 Å². The molecular weight excluding hydrogens is 248 g/mol. The first kappa shape index (κ1) is 12.8. The van der Waals surface area contributed by atoms with Gasteiger partial charge in [0.2, 0.25) is 10.9 Å². The van der Waals surface area contributed by atoms with Crippen molar-refractivity contribution in [1.82, 2.24) is 5.32 Å². The van der Waals surface area contributed by atoms with Gasteiger partial charge in [-0.05, 0) is 12.8 Å². The fourth-order valence-corrected chi connectivity index (χ4v) is 4.25. The van der Waals surface area contributed by atoms with Gasteiger partial charge >= 0.3 is 15.2 Å². The lowest BCUT2D eigenvalue weighted by Gasteiger charge is -2.37. The van der Waals surface area contributed by atoms with Crippen molar-refractivity contribution < 1.29 is 33.5 Å². The molecule has 0 aliphatic carbocycles. The van der Waals surface area contributed by atoms with Gasteiger partial charge in [0.1, 0.15) is 0 Å². The Morgan fingerprint density at radius 3 is 1.87 bits per heavy atom. The Balaban J connectivity index is 3.25. The average Bonchev–Trinajstić information content (AvgIpc) is 1.99. The van der Waals surface area contributed by atoms with Gasteiger partial charge in [-0.2, -0.15) is 0 Å². The van der Waals surface area contributed by atoms with Crippen LogP contribution in [0.4, 0.5) is 0 Å². The first-order valence-electron chi connectivity index (χ1n) is 4.02. The third-order valence-electron chi connectivity index (χ3n) is 2.23. The molecule has 0 radical (unpaired) electrons. The molecule has 0 aromatic rings. The van der Waals surface area contributed by atoms with E-state index in [1.54, 1.807) is 5.32 Å². The van der Waals surface area contributed by atoms with Crippen molar-refractivity contribution in [1.29, 1.82) is 0 Å². The predicted molar refractivity (Wildman–Crippen MR) is 48.8 cm³/mol. The largest absolute Gasteiger partial charge is 0.363 e. The van der Waals surface area contributed by atoms with Crippen molar-refractivity contribution in [3.63, 3.8) is 0 Å². The smallest absolute Gasteiger partial charge is 0.330 e. The van der Waals surface area contributed by atoms with Crippen LogP contribution < -0.4 is 5.32 Å². The van der Waals surface area contributed by atoms with E-state index in [1.807, 2.05) is 0 Å². The molecule has 1 amide bonds. The number of carbonyl (C=O) groups excluding carboxylic acids is 1. The van der Waals surface area contributed by atoms with Crippen molar-refractivity contribution in [2.24, 2.45) is 0 Å². The van der Waals surface area contributed by atoms with E-state index in [0.717, 1.165) is 0 Å². The Kier molecular flexibility index (Phi) is 3.13. The fourth-order valence-electron chi connectivity index (χ4n) is 1.45. The van der Waals surface area contributed by atoms with Crippen molar-refractivity contribution in [2.45, 2.75) is 24.3 Å². The van der Waals surface area contributed by atoms with Crippen LogP contribution in [0.3, 0.4) is 0 Å². The van der Waals surface area contributed by atoms with Gasteiger partial charge in [0.25, 0.3) is 0 Å². The van der Waals surface area contributed by atoms with Crippen LogP contribution >= 0.6 is 15.2 Å². The lowest BCUT2D eigenvalue weighted by atomic mass is 10.1. The molecule has 0 aromatic heterocycles.